The van der Waals surface area contributed by atoms with E-state index in [-0.39, 0.29) is 43.6 Å². The molecule has 0 saturated carbocycles. The van der Waals surface area contributed by atoms with Crippen molar-refractivity contribution in [1.82, 2.24) is 10.2 Å². The molecule has 226 valence electrons. The summed E-state index contributed by atoms with van der Waals surface area (Å²) in [4.78, 5) is 28.9. The number of unbranched alkanes of at least 4 members (excludes halogenated alkanes) is 1. The molecule has 3 rings (SSSR count). The Balaban J connectivity index is 1.88. The summed E-state index contributed by atoms with van der Waals surface area (Å²) in [7, 11) is -3.60. The van der Waals surface area contributed by atoms with E-state index in [9.17, 15) is 22.4 Å². The van der Waals surface area contributed by atoms with Gasteiger partial charge in [0, 0.05) is 32.5 Å². The second kappa shape index (κ2) is 15.5. The molecule has 0 heterocycles. The van der Waals surface area contributed by atoms with Gasteiger partial charge in [0.25, 0.3) is 0 Å². The maximum atomic E-state index is 13.9. The lowest BCUT2D eigenvalue weighted by Gasteiger charge is -2.32. The fourth-order valence-electron chi connectivity index (χ4n) is 4.82. The maximum absolute atomic E-state index is 13.9. The van der Waals surface area contributed by atoms with Gasteiger partial charge in [0.2, 0.25) is 21.8 Å². The van der Waals surface area contributed by atoms with E-state index in [1.54, 1.807) is 17.0 Å². The van der Waals surface area contributed by atoms with Crippen LogP contribution in [0.25, 0.3) is 0 Å². The number of nitrogens with one attached hydrogen (secondary N) is 1. The predicted octanol–water partition coefficient (Wildman–Crippen LogP) is 5.55. The molecule has 2 amide bonds. The summed E-state index contributed by atoms with van der Waals surface area (Å²) in [5.41, 5.74) is 3.94. The number of carbonyl (C=O) groups is 2. The minimum Gasteiger partial charge on any atom is -0.354 e. The molecule has 0 fully saturated rings. The Morgan fingerprint density at radius 3 is 2.26 bits per heavy atom. The largest absolute Gasteiger partial charge is 0.354 e. The van der Waals surface area contributed by atoms with Gasteiger partial charge in [0.15, 0.2) is 0 Å². The second-order valence-corrected chi connectivity index (χ2v) is 12.6. The Kier molecular flexibility index (Phi) is 12.1. The third-order valence-corrected chi connectivity index (χ3v) is 8.33. The Bertz CT molecular complexity index is 1430. The number of anilines is 1. The van der Waals surface area contributed by atoms with Crippen LogP contribution < -0.4 is 9.62 Å². The Morgan fingerprint density at radius 1 is 0.929 bits per heavy atom. The first kappa shape index (κ1) is 32.8. The number of rotatable bonds is 15. The van der Waals surface area contributed by atoms with E-state index in [2.05, 4.69) is 5.32 Å². The molecule has 0 aliphatic carbocycles. The van der Waals surface area contributed by atoms with Crippen molar-refractivity contribution < 1.29 is 22.4 Å². The SMILES string of the molecule is CCCCNC(=O)C(Cc1ccccc1)N(Cc1ccc(F)cc1)C(=O)CCCN(c1cc(C)ccc1C)S(C)(=O)=O. The number of hydrogen-bond donors (Lipinski definition) is 1. The smallest absolute Gasteiger partial charge is 0.243 e. The van der Waals surface area contributed by atoms with Crippen LogP contribution in [-0.4, -0.2) is 50.5 Å². The van der Waals surface area contributed by atoms with Gasteiger partial charge in [-0.05, 0) is 67.1 Å². The van der Waals surface area contributed by atoms with Crippen LogP contribution in [0.5, 0.6) is 0 Å². The molecule has 3 aromatic rings. The molecule has 0 aliphatic heterocycles. The minimum atomic E-state index is -3.60. The molecule has 0 bridgehead atoms. The average molecular weight is 596 g/mol. The third-order valence-electron chi connectivity index (χ3n) is 7.15. The first-order chi connectivity index (χ1) is 20.0. The summed E-state index contributed by atoms with van der Waals surface area (Å²) in [6, 6.07) is 20.2. The highest BCUT2D eigenvalue weighted by atomic mass is 32.2. The van der Waals surface area contributed by atoms with Gasteiger partial charge in [-0.3, -0.25) is 13.9 Å². The molecule has 0 aliphatic rings. The van der Waals surface area contributed by atoms with E-state index < -0.39 is 16.1 Å². The van der Waals surface area contributed by atoms with Crippen LogP contribution >= 0.6 is 0 Å². The Morgan fingerprint density at radius 2 is 1.62 bits per heavy atom. The topological polar surface area (TPSA) is 86.8 Å². The van der Waals surface area contributed by atoms with Crippen molar-refractivity contribution in [3.05, 3.63) is 101 Å². The summed E-state index contributed by atoms with van der Waals surface area (Å²) in [6.45, 7) is 6.52. The van der Waals surface area contributed by atoms with Crippen molar-refractivity contribution in [3.8, 4) is 0 Å². The van der Waals surface area contributed by atoms with Crippen LogP contribution in [0.1, 0.15) is 54.9 Å². The minimum absolute atomic E-state index is 0.0333. The zero-order valence-electron chi connectivity index (χ0n) is 25.0. The highest BCUT2D eigenvalue weighted by Gasteiger charge is 2.30. The van der Waals surface area contributed by atoms with E-state index in [0.717, 1.165) is 35.8 Å². The fourth-order valence-corrected chi connectivity index (χ4v) is 5.83. The highest BCUT2D eigenvalue weighted by Crippen LogP contribution is 2.25. The van der Waals surface area contributed by atoms with E-state index in [0.29, 0.717) is 24.2 Å². The normalized spacial score (nSPS) is 12.0. The second-order valence-electron chi connectivity index (χ2n) is 10.7. The fraction of sp³-hybridized carbons (Fsp3) is 0.394. The molecule has 42 heavy (non-hydrogen) atoms. The number of carbonyl (C=O) groups excluding carboxylic acids is 2. The molecular formula is C33H42FN3O4S. The van der Waals surface area contributed by atoms with Gasteiger partial charge < -0.3 is 10.2 Å². The number of sulfonamides is 1. The number of benzene rings is 3. The molecule has 0 saturated heterocycles. The monoisotopic (exact) mass is 595 g/mol. The van der Waals surface area contributed by atoms with Crippen molar-refractivity contribution in [2.75, 3.05) is 23.7 Å². The molecule has 7 nitrogen and oxygen atoms in total. The third kappa shape index (κ3) is 9.69. The lowest BCUT2D eigenvalue weighted by Crippen LogP contribution is -2.50. The molecule has 0 spiro atoms. The van der Waals surface area contributed by atoms with Gasteiger partial charge in [0.1, 0.15) is 11.9 Å². The average Bonchev–Trinajstić information content (AvgIpc) is 2.95. The van der Waals surface area contributed by atoms with Gasteiger partial charge in [-0.25, -0.2) is 12.8 Å². The molecule has 1 unspecified atom stereocenters. The molecule has 1 atom stereocenters. The van der Waals surface area contributed by atoms with E-state index in [1.165, 1.54) is 16.4 Å². The zero-order chi connectivity index (χ0) is 30.7. The van der Waals surface area contributed by atoms with Crippen LogP contribution in [0.4, 0.5) is 10.1 Å². The van der Waals surface area contributed by atoms with Gasteiger partial charge in [-0.1, -0.05) is 67.9 Å². The highest BCUT2D eigenvalue weighted by molar-refractivity contribution is 7.92. The molecule has 1 N–H and O–H groups in total. The molecule has 0 aromatic heterocycles. The van der Waals surface area contributed by atoms with Gasteiger partial charge in [-0.2, -0.15) is 0 Å². The van der Waals surface area contributed by atoms with Crippen LogP contribution in [-0.2, 0) is 32.6 Å². The van der Waals surface area contributed by atoms with Gasteiger partial charge in [0.05, 0.1) is 11.9 Å². The van der Waals surface area contributed by atoms with Crippen LogP contribution in [0.15, 0.2) is 72.8 Å². The number of halogens is 1. The van der Waals surface area contributed by atoms with Crippen LogP contribution in [0.2, 0.25) is 0 Å². The lowest BCUT2D eigenvalue weighted by molar-refractivity contribution is -0.141. The Hall–Kier alpha value is -3.72. The summed E-state index contributed by atoms with van der Waals surface area (Å²) in [5.74, 6) is -0.918. The summed E-state index contributed by atoms with van der Waals surface area (Å²) in [5, 5.41) is 2.98. The van der Waals surface area contributed by atoms with Gasteiger partial charge >= 0.3 is 0 Å². The van der Waals surface area contributed by atoms with E-state index in [4.69, 9.17) is 0 Å². The lowest BCUT2D eigenvalue weighted by atomic mass is 10.0. The molecular weight excluding hydrogens is 553 g/mol. The first-order valence-electron chi connectivity index (χ1n) is 14.4. The van der Waals surface area contributed by atoms with Crippen molar-refractivity contribution in [2.24, 2.45) is 0 Å². The summed E-state index contributed by atoms with van der Waals surface area (Å²) < 4.78 is 40.5. The van der Waals surface area contributed by atoms with Crippen molar-refractivity contribution in [2.45, 2.75) is 65.5 Å². The summed E-state index contributed by atoms with van der Waals surface area (Å²) in [6.07, 6.45) is 3.49. The van der Waals surface area contributed by atoms with E-state index in [1.807, 2.05) is 69.3 Å². The molecule has 9 heteroatoms. The summed E-state index contributed by atoms with van der Waals surface area (Å²) >= 11 is 0. The quantitative estimate of drug-likeness (QED) is 0.234. The van der Waals surface area contributed by atoms with E-state index >= 15 is 0 Å². The van der Waals surface area contributed by atoms with Crippen LogP contribution in [0, 0.1) is 19.7 Å². The molecule has 3 aromatic carbocycles. The number of amides is 2. The van der Waals surface area contributed by atoms with Crippen molar-refractivity contribution >= 4 is 27.5 Å². The predicted molar refractivity (Wildman–Crippen MR) is 166 cm³/mol. The number of aryl methyl sites for hydroxylation is 2. The van der Waals surface area contributed by atoms with Gasteiger partial charge in [-0.15, -0.1) is 0 Å². The van der Waals surface area contributed by atoms with Crippen LogP contribution in [0.3, 0.4) is 0 Å². The first-order valence-corrected chi connectivity index (χ1v) is 16.2. The standard InChI is InChI=1S/C33H42FN3O4S/c1-5-6-20-35-33(39)31(23-27-11-8-7-9-12-27)36(24-28-16-18-29(34)19-17-28)32(38)13-10-21-37(42(4,40)41)30-22-25(2)14-15-26(30)3/h7-9,11-12,14-19,22,31H,5-6,10,13,20-21,23-24H2,1-4H3,(H,35,39). The number of nitrogens with zero attached hydrogens (tertiary/aromatic N) is 2. The number of hydrogen-bond acceptors (Lipinski definition) is 4. The molecule has 0 radical (unpaired) electrons. The maximum Gasteiger partial charge on any atom is 0.243 e. The Labute approximate surface area is 249 Å². The van der Waals surface area contributed by atoms with Crippen molar-refractivity contribution in [3.63, 3.8) is 0 Å². The van der Waals surface area contributed by atoms with Crippen molar-refractivity contribution in [1.29, 1.82) is 0 Å². The zero-order valence-corrected chi connectivity index (χ0v) is 25.8.